The normalized spacial score (nSPS) is 11.4. The van der Waals surface area contributed by atoms with Gasteiger partial charge in [0.2, 0.25) is 0 Å². The highest BCUT2D eigenvalue weighted by atomic mass is 32.2. The Morgan fingerprint density at radius 2 is 1.70 bits per heavy atom. The Hall–Kier alpha value is -3.29. The summed E-state index contributed by atoms with van der Waals surface area (Å²) in [5, 5.41) is 10.00. The number of rotatable bonds is 6. The van der Waals surface area contributed by atoms with Gasteiger partial charge < -0.3 is 21.0 Å². The molecular formula is C20H18N4O2S. The number of carbonyl (C=O) groups excluding carboxylic acids is 1. The highest BCUT2D eigenvalue weighted by molar-refractivity contribution is 7.92. The van der Waals surface area contributed by atoms with Crippen LogP contribution in [-0.2, 0) is 11.4 Å². The minimum absolute atomic E-state index is 0.311. The zero-order valence-electron chi connectivity index (χ0n) is 14.3. The molecule has 5 N–H and O–H groups in total. The Labute approximate surface area is 160 Å². The van der Waals surface area contributed by atoms with Crippen molar-refractivity contribution in [3.05, 3.63) is 83.9 Å². The molecule has 0 radical (unpaired) electrons. The maximum Gasteiger partial charge on any atom is 0.255 e. The molecule has 3 aromatic rings. The summed E-state index contributed by atoms with van der Waals surface area (Å²) in [5.41, 5.74) is 8.48. The van der Waals surface area contributed by atoms with E-state index in [-0.39, 0.29) is 5.91 Å². The molecule has 0 aromatic heterocycles. The van der Waals surface area contributed by atoms with Crippen molar-refractivity contribution in [3.63, 3.8) is 0 Å². The van der Waals surface area contributed by atoms with Crippen molar-refractivity contribution in [1.82, 2.24) is 0 Å². The molecule has 0 saturated carbocycles. The van der Waals surface area contributed by atoms with Crippen molar-refractivity contribution < 1.29 is 9.35 Å². The van der Waals surface area contributed by atoms with Gasteiger partial charge in [0.05, 0.1) is 5.69 Å². The first-order chi connectivity index (χ1) is 13.1. The van der Waals surface area contributed by atoms with Crippen LogP contribution in [0.1, 0.15) is 15.9 Å². The number of nitrogen functional groups attached to an aromatic ring is 1. The van der Waals surface area contributed by atoms with Crippen LogP contribution < -0.4 is 15.8 Å². The third-order valence-electron chi connectivity index (χ3n) is 3.82. The molecule has 7 heteroatoms. The molecule has 0 aliphatic carbocycles. The Morgan fingerprint density at radius 1 is 1.00 bits per heavy atom. The van der Waals surface area contributed by atoms with Gasteiger partial charge in [0.1, 0.15) is 11.4 Å². The van der Waals surface area contributed by atoms with E-state index < -0.39 is 11.4 Å². The number of nitrogens with one attached hydrogen (secondary N) is 3. The number of nitrogens with two attached hydrogens (primary N) is 1. The van der Waals surface area contributed by atoms with E-state index in [1.807, 2.05) is 30.3 Å². The molecule has 136 valence electrons. The Bertz CT molecular complexity index is 946. The van der Waals surface area contributed by atoms with Crippen LogP contribution >= 0.6 is 0 Å². The van der Waals surface area contributed by atoms with Gasteiger partial charge in [-0.3, -0.25) is 4.79 Å². The van der Waals surface area contributed by atoms with Crippen LogP contribution in [-0.4, -0.2) is 16.7 Å². The number of amides is 1. The first-order valence-electron chi connectivity index (χ1n) is 8.12. The molecule has 27 heavy (non-hydrogen) atoms. The van der Waals surface area contributed by atoms with Crippen molar-refractivity contribution in [2.45, 2.75) is 4.90 Å². The van der Waals surface area contributed by atoms with E-state index in [1.165, 1.54) is 6.07 Å². The summed E-state index contributed by atoms with van der Waals surface area (Å²) in [5.74, 6) is -0.311. The lowest BCUT2D eigenvalue weighted by atomic mass is 10.1. The maximum atomic E-state index is 12.3. The third kappa shape index (κ3) is 4.66. The summed E-state index contributed by atoms with van der Waals surface area (Å²) in [6.07, 6.45) is 1.14. The number of hydrogen-bond acceptors (Lipinski definition) is 5. The van der Waals surface area contributed by atoms with E-state index in [1.54, 1.807) is 36.4 Å². The summed E-state index contributed by atoms with van der Waals surface area (Å²) in [6, 6.07) is 20.8. The predicted molar refractivity (Wildman–Crippen MR) is 110 cm³/mol. The maximum absolute atomic E-state index is 12.3. The van der Waals surface area contributed by atoms with E-state index >= 15 is 0 Å². The van der Waals surface area contributed by atoms with Gasteiger partial charge in [0.25, 0.3) is 5.91 Å². The number of benzene rings is 3. The summed E-state index contributed by atoms with van der Waals surface area (Å²) < 4.78 is 15.3. The second-order valence-electron chi connectivity index (χ2n) is 5.70. The Kier molecular flexibility index (Phi) is 5.75. The Balaban J connectivity index is 1.65. The standard InChI is InChI=1S/C20H18N4O2S/c21-13-15-7-6-14(12-19(15)22)20(25)23-16-8-10-18(11-9-16)27(26)24-17-4-2-1-3-5-17/h1-13,21,24H,22H2,(H,23,25). The van der Waals surface area contributed by atoms with Crippen molar-refractivity contribution in [3.8, 4) is 0 Å². The lowest BCUT2D eigenvalue weighted by molar-refractivity contribution is 0.102. The first-order valence-corrected chi connectivity index (χ1v) is 9.26. The largest absolute Gasteiger partial charge is 0.588 e. The van der Waals surface area contributed by atoms with Gasteiger partial charge >= 0.3 is 0 Å². The van der Waals surface area contributed by atoms with Crippen molar-refractivity contribution in [1.29, 1.82) is 5.41 Å². The van der Waals surface area contributed by atoms with Gasteiger partial charge in [-0.05, 0) is 48.5 Å². The van der Waals surface area contributed by atoms with Crippen LogP contribution in [0.4, 0.5) is 17.1 Å². The number of anilines is 3. The molecule has 0 aliphatic rings. The van der Waals surface area contributed by atoms with Crippen LogP contribution in [0.3, 0.4) is 0 Å². The second-order valence-corrected chi connectivity index (χ2v) is 6.92. The lowest BCUT2D eigenvalue weighted by Gasteiger charge is -2.12. The van der Waals surface area contributed by atoms with Crippen molar-refractivity contribution >= 4 is 40.5 Å². The topological polar surface area (TPSA) is 114 Å². The van der Waals surface area contributed by atoms with E-state index in [9.17, 15) is 9.35 Å². The molecule has 0 fully saturated rings. The van der Waals surface area contributed by atoms with E-state index in [2.05, 4.69) is 10.0 Å². The van der Waals surface area contributed by atoms with Gasteiger partial charge in [0, 0.05) is 28.7 Å². The molecule has 6 nitrogen and oxygen atoms in total. The molecule has 3 aromatic carbocycles. The van der Waals surface area contributed by atoms with Crippen molar-refractivity contribution in [2.75, 3.05) is 15.8 Å². The first kappa shape index (κ1) is 18.5. The molecule has 0 aliphatic heterocycles. The van der Waals surface area contributed by atoms with Gasteiger partial charge in [-0.15, -0.1) is 0 Å². The van der Waals surface area contributed by atoms with Gasteiger partial charge in [-0.25, -0.2) is 4.72 Å². The van der Waals surface area contributed by atoms with Crippen LogP contribution in [0.5, 0.6) is 0 Å². The Morgan fingerprint density at radius 3 is 2.33 bits per heavy atom. The zero-order chi connectivity index (χ0) is 19.2. The molecule has 0 bridgehead atoms. The molecule has 1 amide bonds. The monoisotopic (exact) mass is 378 g/mol. The van der Waals surface area contributed by atoms with Crippen LogP contribution in [0.2, 0.25) is 0 Å². The average Bonchev–Trinajstić information content (AvgIpc) is 2.69. The summed E-state index contributed by atoms with van der Waals surface area (Å²) in [7, 11) is 0. The average molecular weight is 378 g/mol. The summed E-state index contributed by atoms with van der Waals surface area (Å²) in [6.45, 7) is 0. The van der Waals surface area contributed by atoms with E-state index in [0.717, 1.165) is 11.9 Å². The van der Waals surface area contributed by atoms with Crippen molar-refractivity contribution in [2.24, 2.45) is 0 Å². The SMILES string of the molecule is N=Cc1ccc(C(=O)Nc2ccc([S+]([O-])Nc3ccccc3)cc2)cc1N. The molecule has 1 unspecified atom stereocenters. The molecule has 0 spiro atoms. The molecular weight excluding hydrogens is 360 g/mol. The number of hydrogen-bond donors (Lipinski definition) is 4. The fourth-order valence-electron chi connectivity index (χ4n) is 2.38. The highest BCUT2D eigenvalue weighted by Gasteiger charge is 2.13. The molecule has 1 atom stereocenters. The van der Waals surface area contributed by atoms with E-state index in [0.29, 0.717) is 27.4 Å². The van der Waals surface area contributed by atoms with E-state index in [4.69, 9.17) is 11.1 Å². The second kappa shape index (κ2) is 8.39. The number of carbonyl (C=O) groups is 1. The highest BCUT2D eigenvalue weighted by Crippen LogP contribution is 2.19. The summed E-state index contributed by atoms with van der Waals surface area (Å²) in [4.78, 5) is 12.9. The van der Waals surface area contributed by atoms with Gasteiger partial charge in [-0.1, -0.05) is 24.3 Å². The third-order valence-corrected chi connectivity index (χ3v) is 4.94. The summed E-state index contributed by atoms with van der Waals surface area (Å²) >= 11 is -1.40. The minimum atomic E-state index is -1.40. The molecule has 0 saturated heterocycles. The van der Waals surface area contributed by atoms with Gasteiger partial charge in [-0.2, -0.15) is 0 Å². The van der Waals surface area contributed by atoms with Crippen LogP contribution in [0.25, 0.3) is 0 Å². The smallest absolute Gasteiger partial charge is 0.255 e. The van der Waals surface area contributed by atoms with Crippen LogP contribution in [0, 0.1) is 5.41 Å². The lowest BCUT2D eigenvalue weighted by Crippen LogP contribution is -2.14. The number of para-hydroxylation sites is 1. The fraction of sp³-hybridized carbons (Fsp3) is 0. The quantitative estimate of drug-likeness (QED) is 0.298. The van der Waals surface area contributed by atoms with Gasteiger partial charge in [0.15, 0.2) is 4.90 Å². The van der Waals surface area contributed by atoms with Crippen LogP contribution in [0.15, 0.2) is 77.7 Å². The fourth-order valence-corrected chi connectivity index (χ4v) is 3.24. The molecule has 3 rings (SSSR count). The molecule has 0 heterocycles. The predicted octanol–water partition coefficient (Wildman–Crippen LogP) is 3.65. The minimum Gasteiger partial charge on any atom is -0.588 e. The zero-order valence-corrected chi connectivity index (χ0v) is 15.1.